The molecule has 0 saturated heterocycles. The van der Waals surface area contributed by atoms with Gasteiger partial charge in [-0.1, -0.05) is 18.2 Å². The van der Waals surface area contributed by atoms with E-state index < -0.39 is 12.1 Å². The zero-order valence-corrected chi connectivity index (χ0v) is 14.8. The van der Waals surface area contributed by atoms with Gasteiger partial charge in [0.15, 0.2) is 6.10 Å². The number of rotatable bonds is 3. The zero-order chi connectivity index (χ0) is 18.3. The minimum Gasteiger partial charge on any atom is -0.479 e. The number of fused-ring (bicyclic) bond motifs is 2. The summed E-state index contributed by atoms with van der Waals surface area (Å²) in [4.78, 5) is 26.5. The SMILES string of the molecule is C[C@H](Nc1ccc2c(c1)NC(=O)[C@H](C)O2)C(=O)N1CCc2ccccc21. The second kappa shape index (κ2) is 6.37. The molecule has 0 saturated carbocycles. The highest BCUT2D eigenvalue weighted by atomic mass is 16.5. The van der Waals surface area contributed by atoms with E-state index in [4.69, 9.17) is 4.74 Å². The molecule has 2 aliphatic rings. The third-order valence-corrected chi connectivity index (χ3v) is 4.82. The van der Waals surface area contributed by atoms with Crippen molar-refractivity contribution in [1.82, 2.24) is 0 Å². The molecule has 0 unspecified atom stereocenters. The van der Waals surface area contributed by atoms with Crippen molar-refractivity contribution in [3.8, 4) is 5.75 Å². The van der Waals surface area contributed by atoms with E-state index in [2.05, 4.69) is 16.7 Å². The summed E-state index contributed by atoms with van der Waals surface area (Å²) in [5.41, 5.74) is 3.57. The predicted octanol–water partition coefficient (Wildman–Crippen LogP) is 2.80. The van der Waals surface area contributed by atoms with Crippen LogP contribution in [-0.4, -0.2) is 30.5 Å². The van der Waals surface area contributed by atoms with E-state index in [0.29, 0.717) is 18.0 Å². The minimum absolute atomic E-state index is 0.0292. The van der Waals surface area contributed by atoms with E-state index in [1.807, 2.05) is 36.1 Å². The molecule has 2 aromatic carbocycles. The summed E-state index contributed by atoms with van der Waals surface area (Å²) in [6.45, 7) is 4.26. The molecule has 6 heteroatoms. The highest BCUT2D eigenvalue weighted by Crippen LogP contribution is 2.33. The van der Waals surface area contributed by atoms with Gasteiger partial charge in [0.05, 0.1) is 5.69 Å². The van der Waals surface area contributed by atoms with Crippen LogP contribution < -0.4 is 20.3 Å². The van der Waals surface area contributed by atoms with E-state index in [-0.39, 0.29) is 11.8 Å². The van der Waals surface area contributed by atoms with Crippen molar-refractivity contribution in [3.05, 3.63) is 48.0 Å². The topological polar surface area (TPSA) is 70.7 Å². The number of hydrogen-bond acceptors (Lipinski definition) is 4. The van der Waals surface area contributed by atoms with Gasteiger partial charge in [-0.25, -0.2) is 0 Å². The lowest BCUT2D eigenvalue weighted by atomic mass is 10.1. The monoisotopic (exact) mass is 351 g/mol. The number of nitrogens with one attached hydrogen (secondary N) is 2. The lowest BCUT2D eigenvalue weighted by Crippen LogP contribution is -2.40. The summed E-state index contributed by atoms with van der Waals surface area (Å²) in [5, 5.41) is 6.05. The zero-order valence-electron chi connectivity index (χ0n) is 14.8. The maximum Gasteiger partial charge on any atom is 0.265 e. The van der Waals surface area contributed by atoms with E-state index in [1.54, 1.807) is 19.1 Å². The van der Waals surface area contributed by atoms with Crippen LogP contribution in [0.15, 0.2) is 42.5 Å². The molecule has 0 fully saturated rings. The molecule has 4 rings (SSSR count). The largest absolute Gasteiger partial charge is 0.479 e. The third kappa shape index (κ3) is 2.87. The first-order valence-corrected chi connectivity index (χ1v) is 8.80. The number of carbonyl (C=O) groups is 2. The maximum absolute atomic E-state index is 12.9. The number of anilines is 3. The van der Waals surface area contributed by atoms with Crippen LogP contribution in [0.4, 0.5) is 17.1 Å². The lowest BCUT2D eigenvalue weighted by molar-refractivity contribution is -0.122. The first-order chi connectivity index (χ1) is 12.5. The standard InChI is InChI=1S/C20H21N3O3/c1-12(20(25)23-10-9-14-5-3-4-6-17(14)23)21-15-7-8-18-16(11-15)22-19(24)13(2)26-18/h3-8,11-13,21H,9-10H2,1-2H3,(H,22,24)/t12-,13-/m0/s1. The van der Waals surface area contributed by atoms with Gasteiger partial charge in [0, 0.05) is 17.9 Å². The van der Waals surface area contributed by atoms with Crippen molar-refractivity contribution >= 4 is 28.9 Å². The Morgan fingerprint density at radius 2 is 2.12 bits per heavy atom. The molecule has 2 atom stereocenters. The minimum atomic E-state index is -0.503. The molecule has 26 heavy (non-hydrogen) atoms. The first-order valence-electron chi connectivity index (χ1n) is 8.80. The highest BCUT2D eigenvalue weighted by Gasteiger charge is 2.28. The van der Waals surface area contributed by atoms with Crippen molar-refractivity contribution < 1.29 is 14.3 Å². The van der Waals surface area contributed by atoms with Crippen LogP contribution in [0.1, 0.15) is 19.4 Å². The molecule has 0 radical (unpaired) electrons. The van der Waals surface area contributed by atoms with E-state index >= 15 is 0 Å². The number of para-hydroxylation sites is 1. The molecule has 0 aliphatic carbocycles. The van der Waals surface area contributed by atoms with Crippen LogP contribution in [0, 0.1) is 0 Å². The van der Waals surface area contributed by atoms with Crippen molar-refractivity contribution in [2.24, 2.45) is 0 Å². The Bertz CT molecular complexity index is 880. The Morgan fingerprint density at radius 1 is 1.31 bits per heavy atom. The Kier molecular flexibility index (Phi) is 4.03. The number of carbonyl (C=O) groups excluding carboxylic acids is 2. The molecule has 2 N–H and O–H groups in total. The molecule has 2 amide bonds. The molecule has 134 valence electrons. The van der Waals surface area contributed by atoms with E-state index in [0.717, 1.165) is 17.8 Å². The Balaban J connectivity index is 1.49. The quantitative estimate of drug-likeness (QED) is 0.892. The van der Waals surface area contributed by atoms with Crippen molar-refractivity contribution in [2.45, 2.75) is 32.4 Å². The number of benzene rings is 2. The van der Waals surface area contributed by atoms with E-state index in [1.165, 1.54) is 5.56 Å². The van der Waals surface area contributed by atoms with Crippen molar-refractivity contribution in [2.75, 3.05) is 22.1 Å². The fraction of sp³-hybridized carbons (Fsp3) is 0.300. The summed E-state index contributed by atoms with van der Waals surface area (Å²) >= 11 is 0. The van der Waals surface area contributed by atoms with Gasteiger partial charge in [-0.05, 0) is 50.1 Å². The van der Waals surface area contributed by atoms with Gasteiger partial charge in [-0.3, -0.25) is 9.59 Å². The number of nitrogens with zero attached hydrogens (tertiary/aromatic N) is 1. The summed E-state index contributed by atoms with van der Waals surface area (Å²) in [5.74, 6) is 0.490. The van der Waals surface area contributed by atoms with Gasteiger partial charge < -0.3 is 20.3 Å². The number of ether oxygens (including phenoxy) is 1. The second-order valence-corrected chi connectivity index (χ2v) is 6.69. The maximum atomic E-state index is 12.9. The molecule has 6 nitrogen and oxygen atoms in total. The normalized spacial score (nSPS) is 19.1. The molecule has 0 spiro atoms. The van der Waals surface area contributed by atoms with Crippen LogP contribution >= 0.6 is 0 Å². The number of amides is 2. The summed E-state index contributed by atoms with van der Waals surface area (Å²) < 4.78 is 5.56. The highest BCUT2D eigenvalue weighted by molar-refractivity contribution is 6.01. The fourth-order valence-corrected chi connectivity index (χ4v) is 3.41. The Morgan fingerprint density at radius 3 is 2.96 bits per heavy atom. The summed E-state index contributed by atoms with van der Waals surface area (Å²) in [7, 11) is 0. The first kappa shape index (κ1) is 16.4. The molecule has 2 heterocycles. The molecule has 2 aliphatic heterocycles. The second-order valence-electron chi connectivity index (χ2n) is 6.69. The Labute approximate surface area is 152 Å². The van der Waals surface area contributed by atoms with Crippen molar-refractivity contribution in [3.63, 3.8) is 0 Å². The van der Waals surface area contributed by atoms with Crippen LogP contribution in [0.5, 0.6) is 5.75 Å². The van der Waals surface area contributed by atoms with Crippen molar-refractivity contribution in [1.29, 1.82) is 0 Å². The smallest absolute Gasteiger partial charge is 0.265 e. The molecular formula is C20H21N3O3. The Hall–Kier alpha value is -3.02. The number of hydrogen-bond donors (Lipinski definition) is 2. The van der Waals surface area contributed by atoms with Crippen LogP contribution in [0.3, 0.4) is 0 Å². The van der Waals surface area contributed by atoms with Gasteiger partial charge in [-0.15, -0.1) is 0 Å². The molecule has 0 bridgehead atoms. The predicted molar refractivity (Wildman–Crippen MR) is 101 cm³/mol. The average molecular weight is 351 g/mol. The molecule has 2 aromatic rings. The average Bonchev–Trinajstić information content (AvgIpc) is 3.06. The molecule has 0 aromatic heterocycles. The van der Waals surface area contributed by atoms with Crippen LogP contribution in [0.2, 0.25) is 0 Å². The van der Waals surface area contributed by atoms with Gasteiger partial charge in [-0.2, -0.15) is 0 Å². The van der Waals surface area contributed by atoms with Crippen LogP contribution in [0.25, 0.3) is 0 Å². The summed E-state index contributed by atoms with van der Waals surface area (Å²) in [6.07, 6.45) is 0.381. The molecular weight excluding hydrogens is 330 g/mol. The van der Waals surface area contributed by atoms with Crippen LogP contribution in [-0.2, 0) is 16.0 Å². The van der Waals surface area contributed by atoms with E-state index in [9.17, 15) is 9.59 Å². The fourth-order valence-electron chi connectivity index (χ4n) is 3.41. The third-order valence-electron chi connectivity index (χ3n) is 4.82. The van der Waals surface area contributed by atoms with Gasteiger partial charge in [0.1, 0.15) is 11.8 Å². The van der Waals surface area contributed by atoms with Gasteiger partial charge >= 0.3 is 0 Å². The van der Waals surface area contributed by atoms with Gasteiger partial charge in [0.25, 0.3) is 5.91 Å². The summed E-state index contributed by atoms with van der Waals surface area (Å²) in [6, 6.07) is 13.1. The van der Waals surface area contributed by atoms with Gasteiger partial charge in [0.2, 0.25) is 5.91 Å². The lowest BCUT2D eigenvalue weighted by Gasteiger charge is -2.25.